The zero-order chi connectivity index (χ0) is 58.5. The molecule has 0 unspecified atom stereocenters. The summed E-state index contributed by atoms with van der Waals surface area (Å²) in [6, 6.07) is 62.0. The lowest BCUT2D eigenvalue weighted by atomic mass is 9.94. The number of allylic oxidation sites excluding steroid dienone is 9. The van der Waals surface area contributed by atoms with E-state index in [-0.39, 0.29) is 11.8 Å². The van der Waals surface area contributed by atoms with E-state index in [1.54, 1.807) is 9.80 Å². The van der Waals surface area contributed by atoms with E-state index in [0.29, 0.717) is 11.1 Å². The second kappa shape index (κ2) is 30.3. The molecule has 8 nitrogen and oxygen atoms in total. The Labute approximate surface area is 496 Å². The maximum Gasteiger partial charge on any atom is 0.258 e. The molecule has 0 saturated carbocycles. The number of hydrogen-bond acceptors (Lipinski definition) is 5. The quantitative estimate of drug-likeness (QED) is 0.0400. The monoisotopic (exact) mass is 1100 g/mol. The molecule has 0 saturated heterocycles. The van der Waals surface area contributed by atoms with Gasteiger partial charge in [-0.25, -0.2) is 4.58 Å². The maximum atomic E-state index is 13.2. The standard InChI is InChI=1S/C75H85N6O2/c1-9-13-54-80(55-14-10-2)70-42-34-60(35-43-70)72(58-30-38-64(39-31-58)76(5)66-46-50-68(51-47-66)78(7)74(82)62-24-19-17-20-25-62)28-23-29-73(61-36-44-71(45-37-61)81(56-15-11-3)57-16-12-4)59-32-40-65(41-33-59)77(6)67-48-52-69(53-49-67)79(8)75(83)63-26-21-18-22-27-63/h17-53H,9-16,54-57H2,1-8H3/q+1. The van der Waals surface area contributed by atoms with Crippen LogP contribution in [-0.4, -0.2) is 76.5 Å². The molecule has 2 amide bonds. The number of unbranched alkanes of at least 4 members (excludes halogenated alkanes) is 4. The Balaban J connectivity index is 1.12. The van der Waals surface area contributed by atoms with Crippen molar-refractivity contribution in [2.24, 2.45) is 0 Å². The highest BCUT2D eigenvalue weighted by atomic mass is 16.2. The molecule has 0 heterocycles. The third kappa shape index (κ3) is 15.8. The first-order valence-corrected chi connectivity index (χ1v) is 30.0. The lowest BCUT2D eigenvalue weighted by Gasteiger charge is -2.25. The second-order valence-corrected chi connectivity index (χ2v) is 21.5. The zero-order valence-corrected chi connectivity index (χ0v) is 50.3. The van der Waals surface area contributed by atoms with Crippen LogP contribution in [0.25, 0.3) is 11.1 Å². The highest BCUT2D eigenvalue weighted by Crippen LogP contribution is 2.34. The summed E-state index contributed by atoms with van der Waals surface area (Å²) in [7, 11) is 7.81. The van der Waals surface area contributed by atoms with Crippen LogP contribution in [0.3, 0.4) is 0 Å². The Morgan fingerprint density at radius 3 is 1.16 bits per heavy atom. The van der Waals surface area contributed by atoms with Crippen molar-refractivity contribution < 1.29 is 14.2 Å². The number of nitrogens with zero attached hydrogens (tertiary/aromatic N) is 6. The Morgan fingerprint density at radius 1 is 0.398 bits per heavy atom. The van der Waals surface area contributed by atoms with Crippen molar-refractivity contribution in [1.29, 1.82) is 0 Å². The first kappa shape index (κ1) is 60.3. The van der Waals surface area contributed by atoms with E-state index in [4.69, 9.17) is 0 Å². The van der Waals surface area contributed by atoms with Crippen LogP contribution in [0.1, 0.15) is 116 Å². The Bertz CT molecular complexity index is 3360. The van der Waals surface area contributed by atoms with E-state index >= 15 is 0 Å². The number of amides is 2. The van der Waals surface area contributed by atoms with Crippen molar-refractivity contribution in [2.75, 3.05) is 78.9 Å². The van der Waals surface area contributed by atoms with Crippen LogP contribution in [0, 0.1) is 0 Å². The highest BCUT2D eigenvalue weighted by Gasteiger charge is 2.18. The Morgan fingerprint density at radius 2 is 0.759 bits per heavy atom. The Kier molecular flexibility index (Phi) is 22.1. The molecule has 7 aromatic carbocycles. The maximum absolute atomic E-state index is 13.2. The fraction of sp³-hybridized carbons (Fsp3) is 0.267. The van der Waals surface area contributed by atoms with E-state index in [1.165, 1.54) is 37.1 Å². The number of benzene rings is 7. The molecule has 0 spiro atoms. The predicted octanol–water partition coefficient (Wildman–Crippen LogP) is 17.8. The van der Waals surface area contributed by atoms with Crippen LogP contribution in [-0.2, 0) is 0 Å². The molecule has 7 aromatic rings. The van der Waals surface area contributed by atoms with Crippen LogP contribution in [0.5, 0.6) is 0 Å². The lowest BCUT2D eigenvalue weighted by molar-refractivity contribution is -0.527. The topological polar surface area (TPSA) is 53.4 Å². The number of rotatable bonds is 26. The highest BCUT2D eigenvalue weighted by molar-refractivity contribution is 6.07. The fourth-order valence-corrected chi connectivity index (χ4v) is 10.4. The minimum Gasteiger partial charge on any atom is -0.372 e. The van der Waals surface area contributed by atoms with Gasteiger partial charge >= 0.3 is 0 Å². The van der Waals surface area contributed by atoms with Gasteiger partial charge in [-0.15, -0.1) is 0 Å². The molecule has 8 rings (SSSR count). The van der Waals surface area contributed by atoms with Gasteiger partial charge in [0.2, 0.25) is 0 Å². The number of carbonyl (C=O) groups excluding carboxylic acids is 2. The molecule has 0 bridgehead atoms. The van der Waals surface area contributed by atoms with E-state index in [0.717, 1.165) is 119 Å². The lowest BCUT2D eigenvalue weighted by Crippen LogP contribution is -2.26. The minimum absolute atomic E-state index is 0.0440. The summed E-state index contributed by atoms with van der Waals surface area (Å²) in [5.41, 5.74) is 16.4. The third-order valence-corrected chi connectivity index (χ3v) is 15.8. The first-order valence-electron chi connectivity index (χ1n) is 30.0. The molecule has 0 fully saturated rings. The molecule has 83 heavy (non-hydrogen) atoms. The summed E-state index contributed by atoms with van der Waals surface area (Å²) < 4.78 is 2.55. The van der Waals surface area contributed by atoms with Crippen molar-refractivity contribution >= 4 is 68.5 Å². The number of carbonyl (C=O) groups is 2. The number of anilines is 7. The van der Waals surface area contributed by atoms with Crippen molar-refractivity contribution in [3.8, 4) is 0 Å². The van der Waals surface area contributed by atoms with Gasteiger partial charge in [-0.3, -0.25) is 9.59 Å². The molecule has 0 N–H and O–H groups in total. The van der Waals surface area contributed by atoms with Crippen LogP contribution in [0.15, 0.2) is 230 Å². The van der Waals surface area contributed by atoms with Crippen LogP contribution >= 0.6 is 0 Å². The molecule has 0 radical (unpaired) electrons. The average molecular weight is 1100 g/mol. The molecule has 426 valence electrons. The van der Waals surface area contributed by atoms with Gasteiger partial charge in [0.15, 0.2) is 5.71 Å². The van der Waals surface area contributed by atoms with Crippen LogP contribution in [0.2, 0.25) is 0 Å². The predicted molar refractivity (Wildman–Crippen MR) is 355 cm³/mol. The summed E-state index contributed by atoms with van der Waals surface area (Å²) in [5.74, 6) is -0.0880. The first-order chi connectivity index (χ1) is 40.5. The van der Waals surface area contributed by atoms with Gasteiger partial charge in [0.1, 0.15) is 13.1 Å². The van der Waals surface area contributed by atoms with Gasteiger partial charge in [0.25, 0.3) is 11.8 Å². The minimum atomic E-state index is -0.0440. The van der Waals surface area contributed by atoms with Gasteiger partial charge in [-0.2, -0.15) is 0 Å². The molecule has 0 aliphatic heterocycles. The van der Waals surface area contributed by atoms with E-state index < -0.39 is 0 Å². The van der Waals surface area contributed by atoms with Crippen molar-refractivity contribution in [3.63, 3.8) is 0 Å². The van der Waals surface area contributed by atoms with E-state index in [9.17, 15) is 9.59 Å². The molecular weight excluding hydrogens is 1020 g/mol. The van der Waals surface area contributed by atoms with Crippen molar-refractivity contribution in [2.45, 2.75) is 79.1 Å². The average Bonchev–Trinajstić information content (AvgIpc) is 3.67. The van der Waals surface area contributed by atoms with Crippen molar-refractivity contribution in [1.82, 2.24) is 0 Å². The van der Waals surface area contributed by atoms with Crippen molar-refractivity contribution in [3.05, 3.63) is 258 Å². The fourth-order valence-electron chi connectivity index (χ4n) is 10.4. The summed E-state index contributed by atoms with van der Waals surface area (Å²) in [6.45, 7) is 13.3. The van der Waals surface area contributed by atoms with Crippen LogP contribution in [0.4, 0.5) is 39.8 Å². The SMILES string of the molecule is CCCCN(CCCC)c1ccc(/C(=C/C=C/C(=C2C=CC(=[N+](CCCC)CCCC)C=C2)c2ccc(N(C)c3ccc(N(C)C(=O)c4ccccc4)cc3)cc2)c2ccc(N(C)c3ccc(N(C)C(=O)c4ccccc4)cc3)cc2)cc1. The zero-order valence-electron chi connectivity index (χ0n) is 50.3. The van der Waals surface area contributed by atoms with Gasteiger partial charge in [-0.05, 0) is 168 Å². The summed E-state index contributed by atoms with van der Waals surface area (Å²) >= 11 is 0. The van der Waals surface area contributed by atoms with Gasteiger partial charge in [0, 0.05) is 117 Å². The molecule has 0 atom stereocenters. The van der Waals surface area contributed by atoms with Gasteiger partial charge in [0.05, 0.1) is 0 Å². The summed E-state index contributed by atoms with van der Waals surface area (Å²) in [6.07, 6.45) is 25.3. The smallest absolute Gasteiger partial charge is 0.258 e. The normalized spacial score (nSPS) is 12.2. The molecule has 1 aliphatic rings. The molecular formula is C75H85N6O2+. The largest absolute Gasteiger partial charge is 0.372 e. The molecule has 1 aliphatic carbocycles. The van der Waals surface area contributed by atoms with E-state index in [1.807, 2.05) is 99.0 Å². The summed E-state index contributed by atoms with van der Waals surface area (Å²) in [5, 5.41) is 0. The van der Waals surface area contributed by atoms with Crippen LogP contribution < -0.4 is 24.5 Å². The Hall–Kier alpha value is -8.75. The summed E-state index contributed by atoms with van der Waals surface area (Å²) in [4.78, 5) is 36.8. The third-order valence-electron chi connectivity index (χ3n) is 15.8. The van der Waals surface area contributed by atoms with E-state index in [2.05, 4.69) is 201 Å². The number of hydrogen-bond donors (Lipinski definition) is 0. The molecule has 8 heteroatoms. The van der Waals surface area contributed by atoms with Gasteiger partial charge < -0.3 is 24.5 Å². The molecule has 0 aromatic heterocycles. The second-order valence-electron chi connectivity index (χ2n) is 21.5. The van der Waals surface area contributed by atoms with Gasteiger partial charge in [-0.1, -0.05) is 144 Å².